The molecule has 0 aliphatic rings. The second-order valence-electron chi connectivity index (χ2n) is 5.46. The largest absolute Gasteiger partial charge is 0.497 e. The zero-order chi connectivity index (χ0) is 18.9. The van der Waals surface area contributed by atoms with Crippen LogP contribution in [0.25, 0.3) is 22.4 Å². The molecular weight excluding hydrogens is 356 g/mol. The van der Waals surface area contributed by atoms with Gasteiger partial charge in [0.2, 0.25) is 10.0 Å². The fourth-order valence-electron chi connectivity index (χ4n) is 2.67. The second-order valence-corrected chi connectivity index (χ2v) is 6.99. The van der Waals surface area contributed by atoms with Crippen LogP contribution >= 0.6 is 0 Å². The molecule has 0 radical (unpaired) electrons. The molecule has 2 aromatic carbocycles. The van der Waals surface area contributed by atoms with E-state index in [1.807, 2.05) is 0 Å². The Labute approximate surface area is 149 Å². The number of carbonyl (C=O) groups is 1. The number of hydrogen-bond donors (Lipinski definition) is 3. The van der Waals surface area contributed by atoms with Crippen molar-refractivity contribution in [2.45, 2.75) is 4.90 Å². The molecule has 26 heavy (non-hydrogen) atoms. The van der Waals surface area contributed by atoms with Gasteiger partial charge in [0.25, 0.3) is 5.91 Å². The number of sulfonamides is 1. The lowest BCUT2D eigenvalue weighted by atomic mass is 9.98. The molecule has 0 bridgehead atoms. The van der Waals surface area contributed by atoms with Crippen LogP contribution in [0, 0.1) is 0 Å². The molecule has 0 saturated heterocycles. The number of carbonyl (C=O) groups excluding carboxylic acids is 1. The van der Waals surface area contributed by atoms with Gasteiger partial charge in [-0.1, -0.05) is 18.2 Å². The van der Waals surface area contributed by atoms with Gasteiger partial charge in [-0.05, 0) is 30.3 Å². The molecule has 0 unspecified atom stereocenters. The molecule has 1 heterocycles. The summed E-state index contributed by atoms with van der Waals surface area (Å²) < 4.78 is 29.1. The smallest absolute Gasteiger partial charge is 0.269 e. The molecule has 1 aromatic heterocycles. The van der Waals surface area contributed by atoms with Gasteiger partial charge in [0.05, 0.1) is 17.7 Å². The van der Waals surface area contributed by atoms with Crippen LogP contribution in [-0.4, -0.2) is 31.6 Å². The predicted octanol–water partition coefficient (Wildman–Crippen LogP) is 1.50. The van der Waals surface area contributed by atoms with Gasteiger partial charge >= 0.3 is 0 Å². The summed E-state index contributed by atoms with van der Waals surface area (Å²) >= 11 is 0. The van der Waals surface area contributed by atoms with Gasteiger partial charge in [-0.25, -0.2) is 13.6 Å². The summed E-state index contributed by atoms with van der Waals surface area (Å²) in [6.45, 7) is 0. The first-order chi connectivity index (χ1) is 12.3. The van der Waals surface area contributed by atoms with Crippen LogP contribution in [0.5, 0.6) is 5.75 Å². The van der Waals surface area contributed by atoms with Gasteiger partial charge < -0.3 is 10.5 Å². The van der Waals surface area contributed by atoms with Crippen LogP contribution < -0.4 is 15.6 Å². The summed E-state index contributed by atoms with van der Waals surface area (Å²) in [5.74, 6) is -0.143. The molecule has 3 rings (SSSR count). The first kappa shape index (κ1) is 17.6. The molecule has 3 aromatic rings. The maximum absolute atomic E-state index is 12.0. The van der Waals surface area contributed by atoms with Gasteiger partial charge in [-0.3, -0.25) is 9.89 Å². The summed E-state index contributed by atoms with van der Waals surface area (Å²) in [7, 11) is -2.48. The SMILES string of the molecule is COc1ccc(-c2[nH]nc(C(N)=O)c2-c2ccccc2S(N)(=O)=O)cc1. The Bertz CT molecular complexity index is 1070. The Morgan fingerprint density at radius 2 is 1.77 bits per heavy atom. The minimum atomic E-state index is -4.03. The lowest BCUT2D eigenvalue weighted by Gasteiger charge is -2.10. The number of hydrogen-bond acceptors (Lipinski definition) is 5. The molecular formula is C17H16N4O4S. The van der Waals surface area contributed by atoms with E-state index in [0.29, 0.717) is 17.0 Å². The highest BCUT2D eigenvalue weighted by Gasteiger charge is 2.25. The summed E-state index contributed by atoms with van der Waals surface area (Å²) in [4.78, 5) is 11.7. The van der Waals surface area contributed by atoms with E-state index < -0.39 is 15.9 Å². The molecule has 1 amide bonds. The Morgan fingerprint density at radius 1 is 1.12 bits per heavy atom. The average Bonchev–Trinajstić information content (AvgIpc) is 3.06. The van der Waals surface area contributed by atoms with E-state index in [1.54, 1.807) is 49.6 Å². The van der Waals surface area contributed by atoms with E-state index in [9.17, 15) is 13.2 Å². The third-order valence-electron chi connectivity index (χ3n) is 3.84. The zero-order valence-corrected chi connectivity index (χ0v) is 14.6. The number of primary sulfonamides is 1. The first-order valence-corrected chi connectivity index (χ1v) is 9.02. The van der Waals surface area contributed by atoms with E-state index in [4.69, 9.17) is 15.6 Å². The molecule has 0 fully saturated rings. The predicted molar refractivity (Wildman–Crippen MR) is 95.9 cm³/mol. The van der Waals surface area contributed by atoms with Gasteiger partial charge in [-0.2, -0.15) is 5.10 Å². The van der Waals surface area contributed by atoms with E-state index in [-0.39, 0.29) is 21.7 Å². The number of H-pyrrole nitrogens is 1. The number of nitrogens with zero attached hydrogens (tertiary/aromatic N) is 1. The van der Waals surface area contributed by atoms with Crippen LogP contribution in [0.3, 0.4) is 0 Å². The Hall–Kier alpha value is -3.17. The Kier molecular flexibility index (Phi) is 4.49. The third kappa shape index (κ3) is 3.17. The van der Waals surface area contributed by atoms with Crippen molar-refractivity contribution in [3.63, 3.8) is 0 Å². The summed E-state index contributed by atoms with van der Waals surface area (Å²) in [5, 5.41) is 12.1. The lowest BCUT2D eigenvalue weighted by molar-refractivity contribution is 0.0996. The minimum Gasteiger partial charge on any atom is -0.497 e. The highest BCUT2D eigenvalue weighted by Crippen LogP contribution is 2.36. The molecule has 134 valence electrons. The van der Waals surface area contributed by atoms with Crippen molar-refractivity contribution in [1.29, 1.82) is 0 Å². The fourth-order valence-corrected chi connectivity index (χ4v) is 3.42. The highest BCUT2D eigenvalue weighted by molar-refractivity contribution is 7.89. The van der Waals surface area contributed by atoms with Gasteiger partial charge in [0.15, 0.2) is 5.69 Å². The second kappa shape index (κ2) is 6.62. The lowest BCUT2D eigenvalue weighted by Crippen LogP contribution is -2.16. The third-order valence-corrected chi connectivity index (χ3v) is 4.81. The molecule has 9 heteroatoms. The number of rotatable bonds is 5. The molecule has 0 spiro atoms. The normalized spacial score (nSPS) is 11.3. The number of benzene rings is 2. The van der Waals surface area contributed by atoms with Crippen LogP contribution in [0.2, 0.25) is 0 Å². The van der Waals surface area contributed by atoms with Crippen molar-refractivity contribution in [3.8, 4) is 28.1 Å². The maximum atomic E-state index is 12.0. The number of primary amides is 1. The van der Waals surface area contributed by atoms with Gasteiger partial charge in [-0.15, -0.1) is 0 Å². The molecule has 5 N–H and O–H groups in total. The summed E-state index contributed by atoms with van der Waals surface area (Å²) in [5.41, 5.74) is 6.97. The number of aromatic nitrogens is 2. The van der Waals surface area contributed by atoms with E-state index >= 15 is 0 Å². The number of nitrogens with one attached hydrogen (secondary N) is 1. The van der Waals surface area contributed by atoms with Crippen LogP contribution in [0.4, 0.5) is 0 Å². The quantitative estimate of drug-likeness (QED) is 0.622. The van der Waals surface area contributed by atoms with Crippen LogP contribution in [-0.2, 0) is 10.0 Å². The van der Waals surface area contributed by atoms with Crippen molar-refractivity contribution in [3.05, 3.63) is 54.2 Å². The summed E-state index contributed by atoms with van der Waals surface area (Å²) in [6, 6.07) is 13.1. The van der Waals surface area contributed by atoms with Crippen molar-refractivity contribution in [2.75, 3.05) is 7.11 Å². The van der Waals surface area contributed by atoms with Crippen LogP contribution in [0.1, 0.15) is 10.5 Å². The van der Waals surface area contributed by atoms with Crippen molar-refractivity contribution in [1.82, 2.24) is 10.2 Å². The zero-order valence-electron chi connectivity index (χ0n) is 13.8. The molecule has 0 aliphatic heterocycles. The van der Waals surface area contributed by atoms with E-state index in [1.165, 1.54) is 6.07 Å². The van der Waals surface area contributed by atoms with Crippen molar-refractivity contribution >= 4 is 15.9 Å². The number of methoxy groups -OCH3 is 1. The highest BCUT2D eigenvalue weighted by atomic mass is 32.2. The van der Waals surface area contributed by atoms with Crippen LogP contribution in [0.15, 0.2) is 53.4 Å². The maximum Gasteiger partial charge on any atom is 0.269 e. The molecule has 0 aliphatic carbocycles. The Morgan fingerprint density at radius 3 is 2.35 bits per heavy atom. The number of ether oxygens (including phenoxy) is 1. The minimum absolute atomic E-state index is 0.0769. The van der Waals surface area contributed by atoms with Gasteiger partial charge in [0, 0.05) is 16.7 Å². The van der Waals surface area contributed by atoms with Gasteiger partial charge in [0.1, 0.15) is 5.75 Å². The average molecular weight is 372 g/mol. The van der Waals surface area contributed by atoms with E-state index in [0.717, 1.165) is 0 Å². The number of amides is 1. The topological polar surface area (TPSA) is 141 Å². The number of aromatic amines is 1. The standard InChI is InChI=1S/C17H16N4O4S/c1-25-11-8-6-10(7-9-11)15-14(16(17(18)22)21-20-15)12-4-2-3-5-13(12)26(19,23)24/h2-9H,1H3,(H2,18,22)(H,20,21)(H2,19,23,24). The summed E-state index contributed by atoms with van der Waals surface area (Å²) in [6.07, 6.45) is 0. The van der Waals surface area contributed by atoms with E-state index in [2.05, 4.69) is 10.2 Å². The van der Waals surface area contributed by atoms with Crippen molar-refractivity contribution < 1.29 is 17.9 Å². The molecule has 8 nitrogen and oxygen atoms in total. The van der Waals surface area contributed by atoms with Crippen molar-refractivity contribution in [2.24, 2.45) is 10.9 Å². The molecule has 0 saturated carbocycles. The fraction of sp³-hybridized carbons (Fsp3) is 0.0588. The number of nitrogens with two attached hydrogens (primary N) is 2. The Balaban J connectivity index is 2.30. The monoisotopic (exact) mass is 372 g/mol. The first-order valence-electron chi connectivity index (χ1n) is 7.47. The molecule has 0 atom stereocenters.